The highest BCUT2D eigenvalue weighted by Gasteiger charge is 2.47. The van der Waals surface area contributed by atoms with Gasteiger partial charge in [0.15, 0.2) is 0 Å². The van der Waals surface area contributed by atoms with Crippen molar-refractivity contribution in [1.29, 1.82) is 0 Å². The van der Waals surface area contributed by atoms with E-state index in [1.807, 2.05) is 13.8 Å². The summed E-state index contributed by atoms with van der Waals surface area (Å²) in [7, 11) is 3.81. The second kappa shape index (κ2) is 51.2. The molecule has 47 heteroatoms. The number of aliphatic hydroxyl groups is 1. The number of H-pyrrole nitrogens is 2. The number of nitrogens with zero attached hydrogens (tertiary/aromatic N) is 7. The Morgan fingerprint density at radius 3 is 1.72 bits per heavy atom. The number of thioether (sulfide) groups is 1. The van der Waals surface area contributed by atoms with Crippen LogP contribution in [0, 0.1) is 0 Å². The summed E-state index contributed by atoms with van der Waals surface area (Å²) in [6, 6.07) is -3.78. The Hall–Kier alpha value is -14.1. The highest BCUT2D eigenvalue weighted by atomic mass is 32.2. The van der Waals surface area contributed by atoms with Gasteiger partial charge in [0.1, 0.15) is 96.9 Å². The zero-order valence-electron chi connectivity index (χ0n) is 77.7. The number of nitrogens with two attached hydrogens (primary N) is 4. The van der Waals surface area contributed by atoms with Gasteiger partial charge in [-0.05, 0) is 106 Å². The number of carbonyl (C=O) groups excluding carboxylic acids is 17. The molecule has 0 aliphatic carbocycles. The van der Waals surface area contributed by atoms with E-state index in [1.54, 1.807) is 54.7 Å². The molecule has 748 valence electrons. The number of aromatic hydroxyl groups is 1. The molecule has 0 unspecified atom stereocenters. The van der Waals surface area contributed by atoms with Gasteiger partial charge in [0, 0.05) is 125 Å². The van der Waals surface area contributed by atoms with Crippen molar-refractivity contribution in [3.8, 4) is 5.75 Å². The quantitative estimate of drug-likeness (QED) is 0.0222. The molecule has 3 aromatic heterocycles. The van der Waals surface area contributed by atoms with Gasteiger partial charge in [-0.25, -0.2) is 4.98 Å². The van der Waals surface area contributed by atoms with Crippen molar-refractivity contribution in [2.24, 2.45) is 22.9 Å². The number of aliphatic carboxylic acids is 2. The maximum absolute atomic E-state index is 16.0. The molecule has 46 nitrogen and oxygen atoms in total. The third-order valence-corrected chi connectivity index (χ3v) is 25.5. The largest absolute Gasteiger partial charge is 0.508 e. The highest BCUT2D eigenvalue weighted by molar-refractivity contribution is 8.00. The van der Waals surface area contributed by atoms with Crippen molar-refractivity contribution >= 4 is 146 Å². The van der Waals surface area contributed by atoms with Crippen LogP contribution in [0.5, 0.6) is 5.75 Å². The Balaban J connectivity index is 1.12. The van der Waals surface area contributed by atoms with Gasteiger partial charge in [-0.3, -0.25) is 91.1 Å². The molecule has 3 aliphatic heterocycles. The molecular formula is C91H125N23O23S. The first-order valence-electron chi connectivity index (χ1n) is 45.7. The Labute approximate surface area is 798 Å². The molecule has 17 amide bonds. The van der Waals surface area contributed by atoms with E-state index in [9.17, 15) is 73.2 Å². The van der Waals surface area contributed by atoms with E-state index < -0.39 is 273 Å². The van der Waals surface area contributed by atoms with E-state index in [0.717, 1.165) is 36.3 Å². The number of amides is 17. The van der Waals surface area contributed by atoms with Gasteiger partial charge in [0.2, 0.25) is 100 Å². The number of likely N-dealkylation sites (N-methyl/N-ethyl adjacent to an activating group) is 3. The Morgan fingerprint density at radius 2 is 1.09 bits per heavy atom. The number of hydrogen-bond donors (Lipinski definition) is 20. The number of carboxylic acid groups (broad SMARTS) is 2. The number of rotatable bonds is 28. The van der Waals surface area contributed by atoms with Crippen LogP contribution in [0.25, 0.3) is 21.8 Å². The minimum Gasteiger partial charge on any atom is -0.508 e. The van der Waals surface area contributed by atoms with Crippen molar-refractivity contribution < 1.29 is 112 Å². The molecule has 24 N–H and O–H groups in total. The summed E-state index contributed by atoms with van der Waals surface area (Å²) < 4.78 is 1.42. The summed E-state index contributed by atoms with van der Waals surface area (Å²) >= 11 is 0.746. The number of para-hydroxylation sites is 2. The van der Waals surface area contributed by atoms with Crippen LogP contribution in [0.1, 0.15) is 133 Å². The van der Waals surface area contributed by atoms with Crippen LogP contribution in [0.4, 0.5) is 0 Å². The highest BCUT2D eigenvalue weighted by Crippen LogP contribution is 2.29. The molecule has 138 heavy (non-hydrogen) atoms. The molecule has 0 spiro atoms. The van der Waals surface area contributed by atoms with E-state index in [4.69, 9.17) is 22.9 Å². The predicted molar refractivity (Wildman–Crippen MR) is 500 cm³/mol. The van der Waals surface area contributed by atoms with E-state index in [1.165, 1.54) is 75.6 Å². The summed E-state index contributed by atoms with van der Waals surface area (Å²) in [5.41, 5.74) is 25.8. The molecule has 6 heterocycles. The Morgan fingerprint density at radius 1 is 0.536 bits per heavy atom. The number of phenols is 1. The van der Waals surface area contributed by atoms with Gasteiger partial charge in [-0.1, -0.05) is 88.1 Å². The van der Waals surface area contributed by atoms with Gasteiger partial charge < -0.3 is 136 Å². The van der Waals surface area contributed by atoms with Gasteiger partial charge in [0.25, 0.3) is 0 Å². The summed E-state index contributed by atoms with van der Waals surface area (Å²) in [5, 5.41) is 69.0. The van der Waals surface area contributed by atoms with Crippen molar-refractivity contribution in [2.45, 2.75) is 234 Å². The van der Waals surface area contributed by atoms with Gasteiger partial charge in [-0.15, -0.1) is 11.8 Å². The number of nitrogens with one attached hydrogen (secondary N) is 12. The first-order chi connectivity index (χ1) is 65.7. The van der Waals surface area contributed by atoms with Crippen LogP contribution >= 0.6 is 11.8 Å². The molecular weight excluding hydrogens is 1820 g/mol. The van der Waals surface area contributed by atoms with Crippen molar-refractivity contribution in [2.75, 3.05) is 65.4 Å². The fourth-order valence-electron chi connectivity index (χ4n) is 17.0. The molecule has 3 aromatic carbocycles. The number of aromatic amines is 2. The van der Waals surface area contributed by atoms with Crippen molar-refractivity contribution in [3.05, 3.63) is 120 Å². The summed E-state index contributed by atoms with van der Waals surface area (Å²) in [6.07, 6.45) is 0.604. The zero-order chi connectivity index (χ0) is 101. The van der Waals surface area contributed by atoms with Crippen LogP contribution in [0.2, 0.25) is 0 Å². The number of primary amides is 2. The number of aliphatic hydroxyl groups excluding tert-OH is 1. The molecule has 15 atom stereocenters. The lowest BCUT2D eigenvalue weighted by Crippen LogP contribution is -2.61. The SMILES string of the molecule is CCCC[C@H]1C(=O)N(C)[C@@H](CCCC)C(=O)N[C@@H](CCN)C(=O)N[C@H](C(=O)NCC(N)=O)CSCC(=O)N[C@@H](Cc2ccc(O)cc2)C(=O)N(C)[C@@H](C)C(=O)N[C@H](CC(N)=O)C(=O)N2CCC[C@H]2C(=O)N[C@@H](Cc2cnc[nH]2)C(=O)N[C@@H](CCC(=O)O)C(=O)N2C[C@H](O)C[C@H]2C(=O)N[C@@H](Cc2c[nH]c3ccccc23)C(=O)N[C@@H](CCN)C(=O)N[C@@H](Cc2cn(CC(=O)O)c3ccccc23)C(=O)N1C. The van der Waals surface area contributed by atoms with Crippen LogP contribution < -0.4 is 76.1 Å². The molecule has 3 saturated heterocycles. The minimum atomic E-state index is -1.86. The van der Waals surface area contributed by atoms with E-state index in [0.29, 0.717) is 57.8 Å². The molecule has 3 aliphatic rings. The van der Waals surface area contributed by atoms with Crippen molar-refractivity contribution in [3.63, 3.8) is 0 Å². The van der Waals surface area contributed by atoms with Crippen LogP contribution in [-0.2, 0) is 123 Å². The summed E-state index contributed by atoms with van der Waals surface area (Å²) in [4.78, 5) is 290. The molecule has 0 bridgehead atoms. The summed E-state index contributed by atoms with van der Waals surface area (Å²) in [5.74, 6) is -20.9. The first kappa shape index (κ1) is 108. The fourth-order valence-corrected chi connectivity index (χ4v) is 17.8. The van der Waals surface area contributed by atoms with E-state index >= 15 is 38.4 Å². The topological polar surface area (TPSA) is 695 Å². The molecule has 3 fully saturated rings. The molecule has 0 saturated carbocycles. The first-order valence-corrected chi connectivity index (χ1v) is 46.8. The van der Waals surface area contributed by atoms with E-state index in [2.05, 4.69) is 68.1 Å². The lowest BCUT2D eigenvalue weighted by Gasteiger charge is -2.36. The smallest absolute Gasteiger partial charge is 0.323 e. The Kier molecular flexibility index (Phi) is 39.9. The number of phenolic OH excluding ortho intramolecular Hbond substituents is 1. The van der Waals surface area contributed by atoms with Gasteiger partial charge in [-0.2, -0.15) is 0 Å². The van der Waals surface area contributed by atoms with Crippen LogP contribution in [0.3, 0.4) is 0 Å². The number of benzene rings is 3. The van der Waals surface area contributed by atoms with Gasteiger partial charge in [0.05, 0.1) is 31.1 Å². The number of hydrogen-bond acceptors (Lipinski definition) is 25. The average Bonchev–Trinajstić information content (AvgIpc) is 1.65. The normalized spacial score (nSPS) is 24.4. The zero-order valence-corrected chi connectivity index (χ0v) is 78.5. The molecule has 6 aromatic rings. The predicted octanol–water partition coefficient (Wildman–Crippen LogP) is -4.11. The standard InChI is InChI=1S/C91H125N23O23S/c1-7-9-19-69-84(130)102-60(30-32-93)81(127)108-67(79(125)98-42-74(95)118)46-138-47-75(119)100-64(34-50-23-25-54(115)26-24-50)87(133)109(4)49(3)78(124)106-66(39-73(94)117)90(136)113-33-15-22-70(113)85(131)105-63(37-53-41-96-48-99-53)83(129)103-61(27-28-76(120)121)89(135)114-44-55(116)38-72(114)86(132)104-62(35-51-40-97-58-18-13-11-16-56(51)58)82(128)101-59(29-31-92)80(126)107-65(88(134)111(6)71(20-10-8-2)91(137)110(69)5)36-52-43-112(45-77(122)123)68-21-14-12-17-57(52)68/h11-14,16-18,21,23-26,40-41,43,48-49,55,59-67,69-72,97,115-116H,7-10,15,19-20,22,27-39,42,44-47,92-93H2,1-6H3,(H2,94,117)(H2,95,118)(H,96,99)(H,98,125)(H,100,119)(H,101,128)(H,102,130)(H,103,129)(H,104,132)(H,105,131)(H,106,124)(H,107,126)(H,108,127)(H,120,121)(H,122,123)/t49-,55+,59-,60-,61-,62-,63-,64-,65-,66+,67-,69-,70-,71-,72-/m0/s1. The summed E-state index contributed by atoms with van der Waals surface area (Å²) in [6.45, 7) is 2.23. The number of unbranched alkanes of at least 4 members (excludes halogenated alkanes) is 2. The third-order valence-electron chi connectivity index (χ3n) is 24.5. The maximum atomic E-state index is 16.0. The number of fused-ring (bicyclic) bond motifs is 4. The number of imidazole rings is 1. The molecule has 9 rings (SSSR count). The number of carboxylic acids is 2. The average molecular weight is 1940 g/mol. The van der Waals surface area contributed by atoms with Crippen LogP contribution in [0.15, 0.2) is 97.7 Å². The fraction of sp³-hybridized carbons (Fsp3) is 0.516. The second-order valence-electron chi connectivity index (χ2n) is 34.6. The van der Waals surface area contributed by atoms with Gasteiger partial charge >= 0.3 is 11.9 Å². The van der Waals surface area contributed by atoms with Crippen molar-refractivity contribution in [1.82, 2.24) is 97.2 Å². The lowest BCUT2D eigenvalue weighted by molar-refractivity contribution is -0.149. The van der Waals surface area contributed by atoms with E-state index in [-0.39, 0.29) is 88.9 Å². The second-order valence-corrected chi connectivity index (χ2v) is 35.6. The maximum Gasteiger partial charge on any atom is 0.323 e. The molecule has 0 radical (unpaired) electrons. The number of aromatic nitrogens is 4. The minimum absolute atomic E-state index is 0.0417. The number of carbonyl (C=O) groups is 19. The Bertz CT molecular complexity index is 5380. The monoisotopic (exact) mass is 1940 g/mol. The lowest BCUT2D eigenvalue weighted by atomic mass is 9.99. The third kappa shape index (κ3) is 29.5. The van der Waals surface area contributed by atoms with Crippen LogP contribution in [-0.4, -0.2) is 333 Å².